The number of hydrogen-bond donors (Lipinski definition) is 0. The number of nitrogens with zero attached hydrogens (tertiary/aromatic N) is 3. The molecule has 0 spiro atoms. The second kappa shape index (κ2) is 6.72. The molecule has 1 fully saturated rings. The van der Waals surface area contributed by atoms with Crippen LogP contribution in [0, 0.1) is 6.92 Å². The maximum atomic E-state index is 13.5. The third-order valence-corrected chi connectivity index (χ3v) is 8.05. The zero-order valence-corrected chi connectivity index (χ0v) is 17.5. The standard InChI is InChI=1S/C18H20BrN3O4S/c1-11-8-15(20-26-11)16-4-3-6-22(16)27(24,25)18-10-17-13(9-14(18)19)5-7-21(17)12(2)23/h8-10,16H,3-7H2,1-2H3/t16-/m1/s1. The van der Waals surface area contributed by atoms with Gasteiger partial charge in [0.15, 0.2) is 0 Å². The van der Waals surface area contributed by atoms with Crippen LogP contribution < -0.4 is 4.90 Å². The fourth-order valence-corrected chi connectivity index (χ4v) is 6.65. The molecule has 0 aliphatic carbocycles. The van der Waals surface area contributed by atoms with Crippen molar-refractivity contribution in [2.45, 2.75) is 44.0 Å². The molecule has 4 rings (SSSR count). The summed E-state index contributed by atoms with van der Waals surface area (Å²) >= 11 is 3.43. The third-order valence-electron chi connectivity index (χ3n) is 5.19. The van der Waals surface area contributed by atoms with Gasteiger partial charge in [0, 0.05) is 36.2 Å². The number of carbonyl (C=O) groups excluding carboxylic acids is 1. The Balaban J connectivity index is 1.76. The van der Waals surface area contributed by atoms with E-state index >= 15 is 0 Å². The highest BCUT2D eigenvalue weighted by molar-refractivity contribution is 9.10. The van der Waals surface area contributed by atoms with E-state index in [1.807, 2.05) is 6.07 Å². The predicted octanol–water partition coefficient (Wildman–Crippen LogP) is 3.18. The molecular weight excluding hydrogens is 434 g/mol. The van der Waals surface area contributed by atoms with Crippen LogP contribution in [0.3, 0.4) is 0 Å². The molecule has 9 heteroatoms. The van der Waals surface area contributed by atoms with E-state index in [4.69, 9.17) is 4.52 Å². The van der Waals surface area contributed by atoms with Crippen LogP contribution in [0.5, 0.6) is 0 Å². The zero-order chi connectivity index (χ0) is 19.3. The highest BCUT2D eigenvalue weighted by Gasteiger charge is 2.39. The fraction of sp³-hybridized carbons (Fsp3) is 0.444. The summed E-state index contributed by atoms with van der Waals surface area (Å²) in [6.45, 7) is 4.29. The summed E-state index contributed by atoms with van der Waals surface area (Å²) in [6.07, 6.45) is 2.18. The fourth-order valence-electron chi connectivity index (χ4n) is 3.91. The molecule has 144 valence electrons. The Morgan fingerprint density at radius 1 is 1.30 bits per heavy atom. The SMILES string of the molecule is CC(=O)N1CCc2cc(Br)c(S(=O)(=O)N3CCC[C@@H]3c3cc(C)on3)cc21. The van der Waals surface area contributed by atoms with Crippen LogP contribution >= 0.6 is 15.9 Å². The van der Waals surface area contributed by atoms with Gasteiger partial charge < -0.3 is 9.42 Å². The smallest absolute Gasteiger partial charge is 0.244 e. The van der Waals surface area contributed by atoms with Crippen molar-refractivity contribution in [3.63, 3.8) is 0 Å². The molecule has 7 nitrogen and oxygen atoms in total. The average molecular weight is 454 g/mol. The number of carbonyl (C=O) groups is 1. The Morgan fingerprint density at radius 3 is 2.74 bits per heavy atom. The van der Waals surface area contributed by atoms with Crippen molar-refractivity contribution in [3.8, 4) is 0 Å². The largest absolute Gasteiger partial charge is 0.361 e. The van der Waals surface area contributed by atoms with Crippen molar-refractivity contribution in [1.82, 2.24) is 9.46 Å². The van der Waals surface area contributed by atoms with Gasteiger partial charge in [-0.05, 0) is 59.8 Å². The molecule has 1 atom stereocenters. The molecule has 2 aliphatic heterocycles. The Bertz CT molecular complexity index is 1020. The zero-order valence-electron chi connectivity index (χ0n) is 15.1. The quantitative estimate of drug-likeness (QED) is 0.712. The molecular formula is C18H20BrN3O4S. The Kier molecular flexibility index (Phi) is 4.64. The van der Waals surface area contributed by atoms with Crippen molar-refractivity contribution < 1.29 is 17.7 Å². The normalized spacial score (nSPS) is 20.3. The number of hydrogen-bond acceptors (Lipinski definition) is 5. The highest BCUT2D eigenvalue weighted by Crippen LogP contribution is 2.41. The van der Waals surface area contributed by atoms with E-state index < -0.39 is 10.0 Å². The number of benzene rings is 1. The Hall–Kier alpha value is -1.71. The minimum Gasteiger partial charge on any atom is -0.361 e. The van der Waals surface area contributed by atoms with E-state index in [0.29, 0.717) is 41.1 Å². The maximum absolute atomic E-state index is 13.5. The summed E-state index contributed by atoms with van der Waals surface area (Å²) in [7, 11) is -3.76. The molecule has 2 aromatic rings. The molecule has 3 heterocycles. The van der Waals surface area contributed by atoms with Gasteiger partial charge >= 0.3 is 0 Å². The minimum absolute atomic E-state index is 0.0865. The van der Waals surface area contributed by atoms with Crippen LogP contribution in [0.4, 0.5) is 5.69 Å². The molecule has 0 unspecified atom stereocenters. The lowest BCUT2D eigenvalue weighted by atomic mass is 10.1. The highest BCUT2D eigenvalue weighted by atomic mass is 79.9. The number of rotatable bonds is 3. The van der Waals surface area contributed by atoms with E-state index in [2.05, 4.69) is 21.1 Å². The van der Waals surface area contributed by atoms with E-state index in [1.54, 1.807) is 24.0 Å². The first-order chi connectivity index (χ1) is 12.8. The number of anilines is 1. The number of fused-ring (bicyclic) bond motifs is 1. The van der Waals surface area contributed by atoms with Crippen LogP contribution in [0.1, 0.15) is 42.8 Å². The lowest BCUT2D eigenvalue weighted by Gasteiger charge is -2.24. The van der Waals surface area contributed by atoms with Gasteiger partial charge in [-0.3, -0.25) is 4.79 Å². The maximum Gasteiger partial charge on any atom is 0.244 e. The van der Waals surface area contributed by atoms with Crippen molar-refractivity contribution in [3.05, 3.63) is 39.7 Å². The van der Waals surface area contributed by atoms with Gasteiger partial charge in [-0.2, -0.15) is 4.31 Å². The lowest BCUT2D eigenvalue weighted by Crippen LogP contribution is -2.31. The Labute approximate surface area is 166 Å². The van der Waals surface area contributed by atoms with Crippen molar-refractivity contribution in [2.75, 3.05) is 18.0 Å². The van der Waals surface area contributed by atoms with Crippen LogP contribution in [0.15, 0.2) is 32.1 Å². The van der Waals surface area contributed by atoms with Crippen LogP contribution in [0.2, 0.25) is 0 Å². The topological polar surface area (TPSA) is 83.7 Å². The Morgan fingerprint density at radius 2 is 2.07 bits per heavy atom. The first-order valence-electron chi connectivity index (χ1n) is 8.84. The van der Waals surface area contributed by atoms with E-state index in [0.717, 1.165) is 18.4 Å². The van der Waals surface area contributed by atoms with Gasteiger partial charge in [-0.15, -0.1) is 0 Å². The second-order valence-electron chi connectivity index (χ2n) is 6.97. The van der Waals surface area contributed by atoms with Crippen molar-refractivity contribution in [1.29, 1.82) is 0 Å². The van der Waals surface area contributed by atoms with Crippen molar-refractivity contribution in [2.24, 2.45) is 0 Å². The van der Waals surface area contributed by atoms with Crippen molar-refractivity contribution >= 4 is 37.5 Å². The monoisotopic (exact) mass is 453 g/mol. The average Bonchev–Trinajstić information content (AvgIpc) is 3.31. The molecule has 1 aromatic heterocycles. The summed E-state index contributed by atoms with van der Waals surface area (Å²) in [6, 6.07) is 4.88. The molecule has 0 radical (unpaired) electrons. The molecule has 27 heavy (non-hydrogen) atoms. The summed E-state index contributed by atoms with van der Waals surface area (Å²) in [5.41, 5.74) is 2.29. The molecule has 1 amide bonds. The van der Waals surface area contributed by atoms with Gasteiger partial charge in [0.2, 0.25) is 15.9 Å². The predicted molar refractivity (Wildman–Crippen MR) is 103 cm³/mol. The molecule has 2 aliphatic rings. The summed E-state index contributed by atoms with van der Waals surface area (Å²) in [5, 5.41) is 4.03. The molecule has 1 aromatic carbocycles. The first-order valence-corrected chi connectivity index (χ1v) is 11.1. The summed E-state index contributed by atoms with van der Waals surface area (Å²) in [4.78, 5) is 13.7. The number of amides is 1. The van der Waals surface area contributed by atoms with Gasteiger partial charge in [0.1, 0.15) is 11.5 Å². The number of halogens is 1. The molecule has 0 N–H and O–H groups in total. The van der Waals surface area contributed by atoms with E-state index in [-0.39, 0.29) is 16.8 Å². The molecule has 0 saturated carbocycles. The summed E-state index contributed by atoms with van der Waals surface area (Å²) in [5.74, 6) is 0.571. The number of sulfonamides is 1. The van der Waals surface area contributed by atoms with Gasteiger partial charge in [0.05, 0.1) is 10.9 Å². The first kappa shape index (κ1) is 18.6. The number of aryl methyl sites for hydroxylation is 1. The van der Waals surface area contributed by atoms with Crippen LogP contribution in [-0.4, -0.2) is 36.9 Å². The summed E-state index contributed by atoms with van der Waals surface area (Å²) < 4.78 is 34.1. The third kappa shape index (κ3) is 3.11. The second-order valence-corrected chi connectivity index (χ2v) is 9.68. The van der Waals surface area contributed by atoms with Gasteiger partial charge in [-0.25, -0.2) is 8.42 Å². The molecule has 0 bridgehead atoms. The number of aromatic nitrogens is 1. The van der Waals surface area contributed by atoms with Crippen LogP contribution in [0.25, 0.3) is 0 Å². The van der Waals surface area contributed by atoms with E-state index in [9.17, 15) is 13.2 Å². The van der Waals surface area contributed by atoms with Gasteiger partial charge in [-0.1, -0.05) is 5.16 Å². The van der Waals surface area contributed by atoms with E-state index in [1.165, 1.54) is 11.2 Å². The van der Waals surface area contributed by atoms with Crippen LogP contribution in [-0.2, 0) is 21.2 Å². The lowest BCUT2D eigenvalue weighted by molar-refractivity contribution is -0.116. The molecule has 1 saturated heterocycles. The van der Waals surface area contributed by atoms with Gasteiger partial charge in [0.25, 0.3) is 0 Å². The minimum atomic E-state index is -3.76.